The molecule has 1 unspecified atom stereocenters. The molecular formula is C19H14N2O4. The molecule has 124 valence electrons. The summed E-state index contributed by atoms with van der Waals surface area (Å²) < 4.78 is 5.06. The van der Waals surface area contributed by atoms with Crippen molar-refractivity contribution in [1.82, 2.24) is 9.88 Å². The van der Waals surface area contributed by atoms with Gasteiger partial charge in [-0.3, -0.25) is 9.59 Å². The molecule has 2 heterocycles. The van der Waals surface area contributed by atoms with Gasteiger partial charge in [0.1, 0.15) is 18.2 Å². The fraction of sp³-hybridized carbons (Fsp3) is 0.105. The van der Waals surface area contributed by atoms with Gasteiger partial charge in [-0.2, -0.15) is 0 Å². The summed E-state index contributed by atoms with van der Waals surface area (Å²) in [6, 6.07) is 15.5. The average molecular weight is 334 g/mol. The third kappa shape index (κ3) is 2.48. The van der Waals surface area contributed by atoms with E-state index in [4.69, 9.17) is 4.74 Å². The lowest BCUT2D eigenvalue weighted by molar-refractivity contribution is 0.0772. The van der Waals surface area contributed by atoms with Gasteiger partial charge in [0.25, 0.3) is 5.91 Å². The molecule has 2 aromatic carbocycles. The second kappa shape index (κ2) is 5.90. The lowest BCUT2D eigenvalue weighted by Crippen LogP contribution is -2.37. The Morgan fingerprint density at radius 1 is 1.04 bits per heavy atom. The summed E-state index contributed by atoms with van der Waals surface area (Å²) in [4.78, 5) is 41.6. The fourth-order valence-corrected chi connectivity index (χ4v) is 3.02. The Bertz CT molecular complexity index is 1030. The van der Waals surface area contributed by atoms with Gasteiger partial charge in [-0.1, -0.05) is 42.5 Å². The average Bonchev–Trinajstić information content (AvgIpc) is 3.04. The van der Waals surface area contributed by atoms with Crippen LogP contribution in [0.1, 0.15) is 22.0 Å². The molecule has 0 saturated carbocycles. The molecule has 1 aliphatic rings. The van der Waals surface area contributed by atoms with E-state index in [1.165, 1.54) is 6.20 Å². The number of carbonyl (C=O) groups excluding carboxylic acids is 2. The van der Waals surface area contributed by atoms with Crippen molar-refractivity contribution in [2.45, 2.75) is 6.04 Å². The molecule has 0 aliphatic carbocycles. The van der Waals surface area contributed by atoms with Crippen LogP contribution < -0.4 is 5.43 Å². The van der Waals surface area contributed by atoms with Gasteiger partial charge < -0.3 is 9.72 Å². The summed E-state index contributed by atoms with van der Waals surface area (Å²) in [5.41, 5.74) is 0.913. The van der Waals surface area contributed by atoms with Crippen molar-refractivity contribution in [2.24, 2.45) is 0 Å². The highest BCUT2D eigenvalue weighted by atomic mass is 16.6. The molecule has 25 heavy (non-hydrogen) atoms. The predicted molar refractivity (Wildman–Crippen MR) is 91.3 cm³/mol. The van der Waals surface area contributed by atoms with E-state index < -0.39 is 23.5 Å². The second-order valence-corrected chi connectivity index (χ2v) is 5.76. The van der Waals surface area contributed by atoms with Crippen LogP contribution in [0.15, 0.2) is 65.6 Å². The van der Waals surface area contributed by atoms with Gasteiger partial charge in [-0.05, 0) is 17.7 Å². The van der Waals surface area contributed by atoms with Crippen molar-refractivity contribution < 1.29 is 14.3 Å². The standard InChI is InChI=1S/C19H14N2O4/c22-17-13-8-4-5-9-15(13)20-10-14(17)18(23)21-16(11-25-19(21)24)12-6-2-1-3-7-12/h1-10,16H,11H2,(H,20,22). The Morgan fingerprint density at radius 2 is 1.76 bits per heavy atom. The van der Waals surface area contributed by atoms with E-state index in [-0.39, 0.29) is 12.2 Å². The minimum Gasteiger partial charge on any atom is -0.446 e. The minimum atomic E-state index is -0.744. The van der Waals surface area contributed by atoms with Crippen LogP contribution in [0.5, 0.6) is 0 Å². The molecule has 3 aromatic rings. The number of para-hydroxylation sites is 1. The highest BCUT2D eigenvalue weighted by molar-refractivity contribution is 6.05. The number of carbonyl (C=O) groups is 2. The van der Waals surface area contributed by atoms with Crippen LogP contribution in [-0.2, 0) is 4.74 Å². The number of imide groups is 1. The van der Waals surface area contributed by atoms with Crippen LogP contribution >= 0.6 is 0 Å². The van der Waals surface area contributed by atoms with Gasteiger partial charge in [-0.15, -0.1) is 0 Å². The number of amides is 2. The van der Waals surface area contributed by atoms with Gasteiger partial charge in [0.15, 0.2) is 0 Å². The maximum Gasteiger partial charge on any atom is 0.417 e. The largest absolute Gasteiger partial charge is 0.446 e. The Labute approximate surface area is 142 Å². The Hall–Kier alpha value is -3.41. The molecule has 6 heteroatoms. The van der Waals surface area contributed by atoms with Gasteiger partial charge in [0.2, 0.25) is 5.43 Å². The van der Waals surface area contributed by atoms with Crippen LogP contribution in [0, 0.1) is 0 Å². The van der Waals surface area contributed by atoms with Crippen LogP contribution in [0.4, 0.5) is 4.79 Å². The zero-order valence-electron chi connectivity index (χ0n) is 13.1. The zero-order valence-corrected chi connectivity index (χ0v) is 13.1. The molecule has 1 aromatic heterocycles. The third-order valence-electron chi connectivity index (χ3n) is 4.29. The molecule has 1 aliphatic heterocycles. The summed E-state index contributed by atoms with van der Waals surface area (Å²) in [6.45, 7) is 0.0695. The van der Waals surface area contributed by atoms with Crippen molar-refractivity contribution in [2.75, 3.05) is 6.61 Å². The van der Waals surface area contributed by atoms with Crippen molar-refractivity contribution >= 4 is 22.9 Å². The smallest absolute Gasteiger partial charge is 0.417 e. The molecule has 2 amide bonds. The van der Waals surface area contributed by atoms with E-state index in [1.807, 2.05) is 30.3 Å². The first-order valence-electron chi connectivity index (χ1n) is 7.82. The van der Waals surface area contributed by atoms with E-state index in [2.05, 4.69) is 4.98 Å². The fourth-order valence-electron chi connectivity index (χ4n) is 3.02. The first kappa shape index (κ1) is 15.1. The molecule has 1 fully saturated rings. The molecule has 0 bridgehead atoms. The topological polar surface area (TPSA) is 79.5 Å². The molecular weight excluding hydrogens is 320 g/mol. The van der Waals surface area contributed by atoms with E-state index in [1.54, 1.807) is 24.3 Å². The van der Waals surface area contributed by atoms with Crippen molar-refractivity contribution in [3.63, 3.8) is 0 Å². The van der Waals surface area contributed by atoms with Gasteiger partial charge in [-0.25, -0.2) is 9.69 Å². The minimum absolute atomic E-state index is 0.0695. The van der Waals surface area contributed by atoms with Crippen molar-refractivity contribution in [3.05, 3.63) is 82.1 Å². The molecule has 1 N–H and O–H groups in total. The van der Waals surface area contributed by atoms with Crippen LogP contribution in [0.25, 0.3) is 10.9 Å². The monoisotopic (exact) mass is 334 g/mol. The maximum absolute atomic E-state index is 12.9. The summed E-state index contributed by atoms with van der Waals surface area (Å²) in [5.74, 6) is -0.664. The lowest BCUT2D eigenvalue weighted by atomic mass is 10.1. The molecule has 1 atom stereocenters. The first-order valence-corrected chi connectivity index (χ1v) is 7.82. The highest BCUT2D eigenvalue weighted by Crippen LogP contribution is 2.28. The number of cyclic esters (lactones) is 1. The van der Waals surface area contributed by atoms with Gasteiger partial charge in [0.05, 0.1) is 0 Å². The van der Waals surface area contributed by atoms with Crippen molar-refractivity contribution in [1.29, 1.82) is 0 Å². The van der Waals surface area contributed by atoms with Crippen molar-refractivity contribution in [3.8, 4) is 0 Å². The number of aromatic amines is 1. The number of hydrogen-bond acceptors (Lipinski definition) is 4. The quantitative estimate of drug-likeness (QED) is 0.781. The number of ether oxygens (including phenoxy) is 1. The summed E-state index contributed by atoms with van der Waals surface area (Å²) in [7, 11) is 0. The molecule has 4 rings (SSSR count). The molecule has 0 spiro atoms. The number of fused-ring (bicyclic) bond motifs is 1. The summed E-state index contributed by atoms with van der Waals surface area (Å²) >= 11 is 0. The summed E-state index contributed by atoms with van der Waals surface area (Å²) in [5, 5.41) is 0.400. The number of rotatable bonds is 2. The number of benzene rings is 2. The highest BCUT2D eigenvalue weighted by Gasteiger charge is 2.40. The van der Waals surface area contributed by atoms with Crippen LogP contribution in [0.2, 0.25) is 0 Å². The number of nitrogens with one attached hydrogen (secondary N) is 1. The normalized spacial score (nSPS) is 16.9. The Morgan fingerprint density at radius 3 is 2.56 bits per heavy atom. The molecule has 1 saturated heterocycles. The van der Waals surface area contributed by atoms with Crippen LogP contribution in [-0.4, -0.2) is 28.5 Å². The predicted octanol–water partition coefficient (Wildman–Crippen LogP) is 2.86. The lowest BCUT2D eigenvalue weighted by Gasteiger charge is -2.19. The SMILES string of the molecule is O=C1OCC(c2ccccc2)N1C(=O)c1c[nH]c2ccccc2c1=O. The summed E-state index contributed by atoms with van der Waals surface area (Å²) in [6.07, 6.45) is 0.604. The Balaban J connectivity index is 1.78. The second-order valence-electron chi connectivity index (χ2n) is 5.76. The molecule has 0 radical (unpaired) electrons. The zero-order chi connectivity index (χ0) is 17.4. The van der Waals surface area contributed by atoms with E-state index in [0.717, 1.165) is 10.5 Å². The van der Waals surface area contributed by atoms with E-state index >= 15 is 0 Å². The van der Waals surface area contributed by atoms with Crippen LogP contribution in [0.3, 0.4) is 0 Å². The number of hydrogen-bond donors (Lipinski definition) is 1. The first-order chi connectivity index (χ1) is 12.2. The van der Waals surface area contributed by atoms with E-state index in [0.29, 0.717) is 10.9 Å². The number of pyridine rings is 1. The van der Waals surface area contributed by atoms with Gasteiger partial charge >= 0.3 is 6.09 Å². The number of H-pyrrole nitrogens is 1. The van der Waals surface area contributed by atoms with E-state index in [9.17, 15) is 14.4 Å². The number of aromatic nitrogens is 1. The molecule has 6 nitrogen and oxygen atoms in total. The Kier molecular flexibility index (Phi) is 3.57. The third-order valence-corrected chi connectivity index (χ3v) is 4.29. The van der Waals surface area contributed by atoms with Gasteiger partial charge in [0, 0.05) is 17.1 Å². The number of nitrogens with zero attached hydrogens (tertiary/aromatic N) is 1. The maximum atomic E-state index is 12.9.